The fourth-order valence-corrected chi connectivity index (χ4v) is 1.45. The molecule has 0 aliphatic rings. The molecule has 90 valence electrons. The van der Waals surface area contributed by atoms with Gasteiger partial charge >= 0.3 is 0 Å². The quantitative estimate of drug-likeness (QED) is 0.865. The molecule has 0 amide bonds. The number of rotatable bonds is 4. The number of nitrogens with one attached hydrogen (secondary N) is 1. The minimum Gasteiger partial charge on any atom is -0.491 e. The molecule has 6 nitrogen and oxygen atoms in total. The largest absolute Gasteiger partial charge is 0.491 e. The maximum absolute atomic E-state index is 5.36. The Morgan fingerprint density at radius 2 is 2.24 bits per heavy atom. The molecule has 2 rings (SSSR count). The maximum Gasteiger partial charge on any atom is 0.224 e. The van der Waals surface area contributed by atoms with Gasteiger partial charge in [-0.15, -0.1) is 0 Å². The van der Waals surface area contributed by atoms with E-state index in [2.05, 4.69) is 20.4 Å². The topological polar surface area (TPSA) is 64.9 Å². The molecule has 0 saturated heterocycles. The Morgan fingerprint density at radius 1 is 1.41 bits per heavy atom. The summed E-state index contributed by atoms with van der Waals surface area (Å²) in [7, 11) is 1.78. The van der Waals surface area contributed by atoms with Crippen molar-refractivity contribution in [3.63, 3.8) is 0 Å². The second-order valence-electron chi connectivity index (χ2n) is 3.50. The molecular formula is C11H15N5O. The Balaban J connectivity index is 2.37. The summed E-state index contributed by atoms with van der Waals surface area (Å²) in [5.74, 6) is 2.05. The Morgan fingerprint density at radius 3 is 2.94 bits per heavy atom. The van der Waals surface area contributed by atoms with E-state index in [-0.39, 0.29) is 0 Å². The van der Waals surface area contributed by atoms with Gasteiger partial charge in [0.05, 0.1) is 19.0 Å². The summed E-state index contributed by atoms with van der Waals surface area (Å²) >= 11 is 0. The number of hydrogen-bond acceptors (Lipinski definition) is 5. The third-order valence-electron chi connectivity index (χ3n) is 2.26. The lowest BCUT2D eigenvalue weighted by Crippen LogP contribution is -2.05. The normalized spacial score (nSPS) is 10.3. The van der Waals surface area contributed by atoms with Crippen LogP contribution in [0.15, 0.2) is 18.6 Å². The molecule has 2 heterocycles. The van der Waals surface area contributed by atoms with Gasteiger partial charge in [-0.1, -0.05) is 0 Å². The highest BCUT2D eigenvalue weighted by molar-refractivity contribution is 5.37. The molecule has 17 heavy (non-hydrogen) atoms. The van der Waals surface area contributed by atoms with Crippen molar-refractivity contribution in [2.45, 2.75) is 13.8 Å². The predicted molar refractivity (Wildman–Crippen MR) is 64.6 cm³/mol. The summed E-state index contributed by atoms with van der Waals surface area (Å²) in [6, 6.07) is 0. The minimum absolute atomic E-state index is 0.569. The summed E-state index contributed by atoms with van der Waals surface area (Å²) < 4.78 is 7.05. The van der Waals surface area contributed by atoms with Crippen LogP contribution in [0.3, 0.4) is 0 Å². The van der Waals surface area contributed by atoms with Crippen molar-refractivity contribution in [2.75, 3.05) is 19.0 Å². The van der Waals surface area contributed by atoms with E-state index in [0.29, 0.717) is 12.6 Å². The van der Waals surface area contributed by atoms with Gasteiger partial charge in [0.15, 0.2) is 11.6 Å². The van der Waals surface area contributed by atoms with Gasteiger partial charge < -0.3 is 10.1 Å². The van der Waals surface area contributed by atoms with E-state index in [1.165, 1.54) is 0 Å². The van der Waals surface area contributed by atoms with Crippen LogP contribution in [-0.2, 0) is 0 Å². The van der Waals surface area contributed by atoms with Gasteiger partial charge in [0.1, 0.15) is 0 Å². The number of nitrogens with zero attached hydrogens (tertiary/aromatic N) is 4. The molecular weight excluding hydrogens is 218 g/mol. The second-order valence-corrected chi connectivity index (χ2v) is 3.50. The molecule has 0 unspecified atom stereocenters. The van der Waals surface area contributed by atoms with Crippen LogP contribution >= 0.6 is 0 Å². The Bertz CT molecular complexity index is 508. The molecule has 0 aliphatic heterocycles. The molecule has 0 spiro atoms. The van der Waals surface area contributed by atoms with Gasteiger partial charge in [-0.2, -0.15) is 10.1 Å². The number of aryl methyl sites for hydroxylation is 1. The summed E-state index contributed by atoms with van der Waals surface area (Å²) in [4.78, 5) is 8.49. The average molecular weight is 233 g/mol. The van der Waals surface area contributed by atoms with Crippen molar-refractivity contribution >= 4 is 5.95 Å². The number of hydrogen-bond donors (Lipinski definition) is 1. The van der Waals surface area contributed by atoms with Gasteiger partial charge in [-0.3, -0.25) is 0 Å². The van der Waals surface area contributed by atoms with Crippen molar-refractivity contribution in [1.29, 1.82) is 0 Å². The lowest BCUT2D eigenvalue weighted by Gasteiger charge is -2.06. The zero-order chi connectivity index (χ0) is 12.3. The highest BCUT2D eigenvalue weighted by Crippen LogP contribution is 2.15. The van der Waals surface area contributed by atoms with E-state index in [0.717, 1.165) is 17.1 Å². The van der Waals surface area contributed by atoms with Gasteiger partial charge in [-0.05, 0) is 13.8 Å². The van der Waals surface area contributed by atoms with Crippen molar-refractivity contribution in [3.05, 3.63) is 24.2 Å². The molecule has 2 aromatic heterocycles. The first-order valence-corrected chi connectivity index (χ1v) is 5.43. The number of anilines is 1. The smallest absolute Gasteiger partial charge is 0.224 e. The van der Waals surface area contributed by atoms with Crippen LogP contribution in [0, 0.1) is 6.92 Å². The molecule has 0 saturated carbocycles. The molecule has 0 bridgehead atoms. The number of aromatic nitrogens is 4. The Labute approximate surface area is 99.7 Å². The van der Waals surface area contributed by atoms with Crippen LogP contribution in [0.4, 0.5) is 5.95 Å². The van der Waals surface area contributed by atoms with Crippen LogP contribution < -0.4 is 10.1 Å². The zero-order valence-electron chi connectivity index (χ0n) is 10.1. The van der Waals surface area contributed by atoms with E-state index < -0.39 is 0 Å². The molecule has 2 aromatic rings. The van der Waals surface area contributed by atoms with Gasteiger partial charge in [0.2, 0.25) is 5.95 Å². The first-order chi connectivity index (χ1) is 8.24. The van der Waals surface area contributed by atoms with Crippen molar-refractivity contribution in [1.82, 2.24) is 19.7 Å². The fraction of sp³-hybridized carbons (Fsp3) is 0.364. The summed E-state index contributed by atoms with van der Waals surface area (Å²) in [5.41, 5.74) is 0.954. The van der Waals surface area contributed by atoms with E-state index >= 15 is 0 Å². The first kappa shape index (κ1) is 11.4. The standard InChI is InChI=1S/C11H15N5O/c1-4-17-9-6-14-16(7-9)10-8(2)5-13-11(12-3)15-10/h5-7H,4H2,1-3H3,(H,12,13,15). The third-order valence-corrected chi connectivity index (χ3v) is 2.26. The minimum atomic E-state index is 0.569. The molecule has 0 aromatic carbocycles. The molecule has 0 atom stereocenters. The molecule has 0 radical (unpaired) electrons. The van der Waals surface area contributed by atoms with Crippen molar-refractivity contribution in [2.24, 2.45) is 0 Å². The summed E-state index contributed by atoms with van der Waals surface area (Å²) in [5, 5.41) is 7.12. The Kier molecular flexibility index (Phi) is 3.22. The zero-order valence-corrected chi connectivity index (χ0v) is 10.1. The van der Waals surface area contributed by atoms with E-state index in [1.807, 2.05) is 13.8 Å². The lowest BCUT2D eigenvalue weighted by molar-refractivity contribution is 0.340. The van der Waals surface area contributed by atoms with Gasteiger partial charge in [0.25, 0.3) is 0 Å². The van der Waals surface area contributed by atoms with Gasteiger partial charge in [0, 0.05) is 18.8 Å². The molecule has 0 fully saturated rings. The van der Waals surface area contributed by atoms with E-state index in [1.54, 1.807) is 30.3 Å². The molecule has 1 N–H and O–H groups in total. The van der Waals surface area contributed by atoms with Crippen LogP contribution in [0.2, 0.25) is 0 Å². The number of ether oxygens (including phenoxy) is 1. The van der Waals surface area contributed by atoms with E-state index in [9.17, 15) is 0 Å². The predicted octanol–water partition coefficient (Wildman–Crippen LogP) is 1.41. The van der Waals surface area contributed by atoms with Crippen molar-refractivity contribution < 1.29 is 4.74 Å². The van der Waals surface area contributed by atoms with Gasteiger partial charge in [-0.25, -0.2) is 9.67 Å². The highest BCUT2D eigenvalue weighted by Gasteiger charge is 2.07. The first-order valence-electron chi connectivity index (χ1n) is 5.43. The van der Waals surface area contributed by atoms with Crippen molar-refractivity contribution in [3.8, 4) is 11.6 Å². The summed E-state index contributed by atoms with van der Waals surface area (Å²) in [6.07, 6.45) is 5.23. The average Bonchev–Trinajstić information content (AvgIpc) is 2.79. The maximum atomic E-state index is 5.36. The highest BCUT2D eigenvalue weighted by atomic mass is 16.5. The molecule has 0 aliphatic carbocycles. The van der Waals surface area contributed by atoms with E-state index in [4.69, 9.17) is 4.74 Å². The second kappa shape index (κ2) is 4.82. The lowest BCUT2D eigenvalue weighted by atomic mass is 10.3. The third kappa shape index (κ3) is 2.35. The Hall–Kier alpha value is -2.11. The van der Waals surface area contributed by atoms with Crippen LogP contribution in [0.1, 0.15) is 12.5 Å². The van der Waals surface area contributed by atoms with Crippen LogP contribution in [-0.4, -0.2) is 33.4 Å². The fourth-order valence-electron chi connectivity index (χ4n) is 1.45. The molecule has 6 heteroatoms. The SMILES string of the molecule is CCOc1cnn(-c2nc(NC)ncc2C)c1. The monoisotopic (exact) mass is 233 g/mol. The summed E-state index contributed by atoms with van der Waals surface area (Å²) in [6.45, 7) is 4.50. The van der Waals surface area contributed by atoms with Crippen LogP contribution in [0.5, 0.6) is 5.75 Å². The van der Waals surface area contributed by atoms with Crippen LogP contribution in [0.25, 0.3) is 5.82 Å².